The Morgan fingerprint density at radius 2 is 1.02 bits per heavy atom. The number of nitro groups is 1. The number of rotatable bonds is 8. The lowest BCUT2D eigenvalue weighted by molar-refractivity contribution is -0.490. The van der Waals surface area contributed by atoms with E-state index in [9.17, 15) is 66.4 Å². The van der Waals surface area contributed by atoms with Crippen molar-refractivity contribution in [2.24, 2.45) is 69.5 Å². The van der Waals surface area contributed by atoms with Gasteiger partial charge < -0.3 is 49.4 Å². The van der Waals surface area contributed by atoms with Crippen LogP contribution in [-0.2, 0) is 57.2 Å². The van der Waals surface area contributed by atoms with Crippen molar-refractivity contribution in [3.63, 3.8) is 0 Å². The third kappa shape index (κ3) is 32.0. The van der Waals surface area contributed by atoms with Crippen molar-refractivity contribution >= 4 is 59.9 Å². The number of esters is 2. The number of nitrogens with zero attached hydrogens (tertiary/aromatic N) is 4. The zero-order valence-corrected chi connectivity index (χ0v) is 72.1. The molecule has 28 heteroatoms. The van der Waals surface area contributed by atoms with E-state index in [1.807, 2.05) is 83.1 Å². The van der Waals surface area contributed by atoms with Crippen molar-refractivity contribution in [2.45, 2.75) is 351 Å². The van der Waals surface area contributed by atoms with Gasteiger partial charge in [-0.15, -0.1) is 0 Å². The van der Waals surface area contributed by atoms with Crippen LogP contribution in [0.15, 0.2) is 11.6 Å². The highest BCUT2D eigenvalue weighted by molar-refractivity contribution is 5.99. The normalized spacial score (nSPS) is 29.0. The van der Waals surface area contributed by atoms with E-state index in [1.165, 1.54) is 106 Å². The maximum Gasteiger partial charge on any atom is 0.490 e. The lowest BCUT2D eigenvalue weighted by Gasteiger charge is -2.38. The second-order valence-electron chi connectivity index (χ2n) is 39.3. The Balaban J connectivity index is 0.000000242. The summed E-state index contributed by atoms with van der Waals surface area (Å²) < 4.78 is 58.9. The van der Waals surface area contributed by atoms with Crippen LogP contribution in [0.5, 0.6) is 0 Å². The Morgan fingerprint density at radius 1 is 0.535 bits per heavy atom. The number of fused-ring (bicyclic) bond motifs is 5. The fourth-order valence-electron chi connectivity index (χ4n) is 18.6. The van der Waals surface area contributed by atoms with Gasteiger partial charge in [-0.05, 0) is 255 Å². The molecule has 5 heterocycles. The molecule has 652 valence electrons. The molecule has 11 fully saturated rings. The molecule has 5 saturated heterocycles. The largest absolute Gasteiger partial charge is 0.490 e. The summed E-state index contributed by atoms with van der Waals surface area (Å²) in [7, 11) is 0. The van der Waals surface area contributed by atoms with Crippen LogP contribution in [0, 0.1) is 79.6 Å². The minimum atomic E-state index is -5.08. The zero-order valence-electron chi connectivity index (χ0n) is 72.1. The molecular formula is C86H143F3N6O19. The molecule has 5 aliphatic heterocycles. The monoisotopic (exact) mass is 1620 g/mol. The number of alkyl halides is 3. The van der Waals surface area contributed by atoms with E-state index in [-0.39, 0.29) is 70.4 Å². The third-order valence-corrected chi connectivity index (χ3v) is 24.1. The average molecular weight is 1620 g/mol. The van der Waals surface area contributed by atoms with Gasteiger partial charge in [-0.1, -0.05) is 102 Å². The van der Waals surface area contributed by atoms with Gasteiger partial charge in [0.05, 0.1) is 24.7 Å². The second-order valence-corrected chi connectivity index (χ2v) is 39.3. The summed E-state index contributed by atoms with van der Waals surface area (Å²) in [5, 5.41) is 32.5. The highest BCUT2D eigenvalue weighted by atomic mass is 19.4. The standard InChI is InChI=1S/C19H31NO5.C19H33NO4.C13H21NO3.C10H17NO2.C8H15NO2.C8H13NO.C7H12.C2HF3O2/c1-17(2,3)24-14(21)11-19-10-8-7-9-13(19)12-20(15(19)22)16(23)25-18(4,5)6;1-17(2,3)23-15(21)11-19-10-8-7-9-14(19)12-20(13-19)16(22)24-18(4,5)6;1-13(2,3)17-12(16)14-8-9-6-4-5-7-10(9)11(14)15;12-9(13)5-10-4-2-1-3-8(10)6-11-7-10;1-7-4-2-3-5-8(7)6-9(10)11;10-8-7-4-2-1-3-6(7)5-9-8;1-7-5-3-2-4-6-7;3-2(4,5)1(6)7/h13H,7-12H2,1-6H3;14H,7-13H2,1-6H3;9-10H,4-8H2,1-3H3;8,11H,1-7H2,(H,12,13);7-8H,2-6H2,1H3;6-7H,1-5H2,(H,9,10);5H,2-4,6H2,1H3;(H,6,7)/t13-,19+;14-,19-;;8-,10-;;;;/m11.1..../s1. The number of carboxylic acids is 2. The smallest absolute Gasteiger partial charge is 0.481 e. The maximum atomic E-state index is 13.1. The zero-order chi connectivity index (χ0) is 85.6. The topological polar surface area (TPSA) is 334 Å². The fraction of sp³-hybridized carbons (Fsp3) is 0.860. The van der Waals surface area contributed by atoms with Crippen molar-refractivity contribution < 1.29 is 99.9 Å². The molecule has 4 N–H and O–H groups in total. The van der Waals surface area contributed by atoms with Gasteiger partial charge in [0.1, 0.15) is 28.0 Å². The van der Waals surface area contributed by atoms with Gasteiger partial charge in [0.15, 0.2) is 0 Å². The average Bonchev–Trinajstić information content (AvgIpc) is 1.61. The number of carbonyl (C=O) groups is 10. The molecule has 0 aromatic rings. The van der Waals surface area contributed by atoms with Crippen LogP contribution in [-0.4, -0.2) is 176 Å². The molecule has 12 aliphatic rings. The lowest BCUT2D eigenvalue weighted by atomic mass is 9.66. The van der Waals surface area contributed by atoms with Gasteiger partial charge in [-0.2, -0.15) is 13.2 Å². The van der Waals surface area contributed by atoms with E-state index in [0.29, 0.717) is 92.8 Å². The van der Waals surface area contributed by atoms with Crippen LogP contribution in [0.2, 0.25) is 0 Å². The number of likely N-dealkylation sites (tertiary alicyclic amines) is 3. The first kappa shape index (κ1) is 98.0. The Hall–Kier alpha value is -6.61. The summed E-state index contributed by atoms with van der Waals surface area (Å²) in [6.07, 6.45) is 28.7. The Kier molecular flexibility index (Phi) is 36.7. The van der Waals surface area contributed by atoms with E-state index in [0.717, 1.165) is 96.7 Å². The SMILES string of the molecule is CC(C)(C)OC(=O)C[C@@]12CCCC[C@@H]1CN(C(=O)OC(C)(C)C)C2.CC(C)(C)OC(=O)C[C@@]12CCCC[C@@H]1CN(C(=O)OC(C)(C)C)C2=O.CC(C)(C)OC(=O)N1CC2CCCCC2C1=O.CC1=CCCCC1.CC1CCCCC1C[N+](=O)[O-].O=C(O)C(F)(F)F.O=C(O)C[C@@]12CCCC[C@@H]1CNC2.O=C1NCC2CCCCC12. The molecule has 0 radical (unpaired) electrons. The van der Waals surface area contributed by atoms with E-state index in [2.05, 4.69) is 30.6 Å². The van der Waals surface area contributed by atoms with Crippen LogP contribution < -0.4 is 10.6 Å². The van der Waals surface area contributed by atoms with Crippen molar-refractivity contribution in [3.05, 3.63) is 21.8 Å². The van der Waals surface area contributed by atoms with Crippen molar-refractivity contribution in [3.8, 4) is 0 Å². The van der Waals surface area contributed by atoms with Crippen LogP contribution in [0.3, 0.4) is 0 Å². The first-order valence-electron chi connectivity index (χ1n) is 42.6. The third-order valence-electron chi connectivity index (χ3n) is 24.1. The summed E-state index contributed by atoms with van der Waals surface area (Å²) in [6.45, 7) is 37.1. The molecule has 0 aromatic heterocycles. The van der Waals surface area contributed by atoms with Crippen molar-refractivity contribution in [2.75, 3.05) is 52.4 Å². The number of imide groups is 2. The van der Waals surface area contributed by atoms with Gasteiger partial charge in [-0.25, -0.2) is 29.0 Å². The summed E-state index contributed by atoms with van der Waals surface area (Å²) in [4.78, 5) is 132. The lowest BCUT2D eigenvalue weighted by Crippen LogP contribution is -2.44. The first-order chi connectivity index (χ1) is 52.8. The number of nitrogens with one attached hydrogen (secondary N) is 2. The number of aliphatic carboxylic acids is 2. The Morgan fingerprint density at radius 3 is 1.52 bits per heavy atom. The number of carboxylic acid groups (broad SMARTS) is 2. The predicted octanol–water partition coefficient (Wildman–Crippen LogP) is 17.8. The molecule has 12 atom stereocenters. The van der Waals surface area contributed by atoms with Gasteiger partial charge in [0, 0.05) is 67.4 Å². The molecule has 6 unspecified atom stereocenters. The number of allylic oxidation sites excluding steroid dienone is 2. The molecule has 114 heavy (non-hydrogen) atoms. The number of hydrogen-bond donors (Lipinski definition) is 4. The van der Waals surface area contributed by atoms with Crippen molar-refractivity contribution in [1.29, 1.82) is 0 Å². The minimum Gasteiger partial charge on any atom is -0.481 e. The van der Waals surface area contributed by atoms with Gasteiger partial charge >= 0.3 is 48.3 Å². The Labute approximate surface area is 676 Å². The van der Waals surface area contributed by atoms with Gasteiger partial charge in [0.25, 0.3) is 0 Å². The van der Waals surface area contributed by atoms with E-state index < -0.39 is 63.7 Å². The van der Waals surface area contributed by atoms with E-state index in [4.69, 9.17) is 38.7 Å². The molecular weight excluding hydrogens is 1480 g/mol. The molecule has 0 aromatic carbocycles. The molecule has 12 rings (SSSR count). The van der Waals surface area contributed by atoms with Crippen LogP contribution >= 0.6 is 0 Å². The summed E-state index contributed by atoms with van der Waals surface area (Å²) in [5.41, 5.74) is -2.03. The minimum absolute atomic E-state index is 0.00575. The van der Waals surface area contributed by atoms with Crippen LogP contribution in [0.1, 0.15) is 317 Å². The molecule has 6 saturated carbocycles. The summed E-state index contributed by atoms with van der Waals surface area (Å²) in [5.74, 6) is -0.520. The number of ether oxygens (including phenoxy) is 5. The summed E-state index contributed by atoms with van der Waals surface area (Å²) in [6, 6.07) is 0. The summed E-state index contributed by atoms with van der Waals surface area (Å²) >= 11 is 0. The van der Waals surface area contributed by atoms with E-state index in [1.54, 1.807) is 31.2 Å². The number of halogens is 3. The molecule has 25 nitrogen and oxygen atoms in total. The molecule has 0 bridgehead atoms. The van der Waals surface area contributed by atoms with Crippen molar-refractivity contribution in [1.82, 2.24) is 25.3 Å². The molecule has 6 amide bonds. The molecule has 7 aliphatic carbocycles. The first-order valence-corrected chi connectivity index (χ1v) is 42.6. The van der Waals surface area contributed by atoms with Crippen LogP contribution in [0.25, 0.3) is 0 Å². The number of amides is 6. The van der Waals surface area contributed by atoms with Gasteiger partial charge in [0.2, 0.25) is 24.3 Å². The Bertz CT molecular complexity index is 3260. The van der Waals surface area contributed by atoms with Gasteiger partial charge in [-0.3, -0.25) is 38.9 Å². The second kappa shape index (κ2) is 42.7. The maximum absolute atomic E-state index is 13.1. The number of hydrogen-bond acceptors (Lipinski definition) is 18. The highest BCUT2D eigenvalue weighted by Gasteiger charge is 2.59. The fourth-order valence-corrected chi connectivity index (χ4v) is 18.6. The number of carbonyl (C=O) groups excluding carboxylic acids is 8. The molecule has 0 spiro atoms. The predicted molar refractivity (Wildman–Crippen MR) is 426 cm³/mol. The quantitative estimate of drug-likeness (QED) is 0.0576. The highest BCUT2D eigenvalue weighted by Crippen LogP contribution is 2.53. The van der Waals surface area contributed by atoms with Crippen LogP contribution in [0.4, 0.5) is 27.6 Å². The van der Waals surface area contributed by atoms with E-state index >= 15 is 0 Å².